The van der Waals surface area contributed by atoms with Crippen molar-refractivity contribution in [3.05, 3.63) is 27.8 Å². The van der Waals surface area contributed by atoms with Gasteiger partial charge in [0, 0.05) is 13.2 Å². The minimum Gasteiger partial charge on any atom is -0.493 e. The zero-order chi connectivity index (χ0) is 14.4. The normalized spacial score (nSPS) is 10.0. The van der Waals surface area contributed by atoms with E-state index in [0.717, 1.165) is 6.07 Å². The van der Waals surface area contributed by atoms with Crippen LogP contribution in [-0.2, 0) is 4.74 Å². The second-order valence-electron chi connectivity index (χ2n) is 3.48. The molecule has 0 spiro atoms. The van der Waals surface area contributed by atoms with Crippen molar-refractivity contribution in [2.75, 3.05) is 27.4 Å². The first-order valence-electron chi connectivity index (χ1n) is 5.29. The number of carbonyl (C=O) groups excluding carboxylic acids is 1. The Morgan fingerprint density at radius 1 is 1.32 bits per heavy atom. The van der Waals surface area contributed by atoms with E-state index in [1.807, 2.05) is 0 Å². The van der Waals surface area contributed by atoms with E-state index in [1.54, 1.807) is 0 Å². The molecule has 0 saturated carbocycles. The van der Waals surface area contributed by atoms with E-state index in [1.165, 1.54) is 20.3 Å². The summed E-state index contributed by atoms with van der Waals surface area (Å²) in [5.74, 6) is -0.572. The Labute approximate surface area is 109 Å². The van der Waals surface area contributed by atoms with Gasteiger partial charge in [0.15, 0.2) is 11.5 Å². The van der Waals surface area contributed by atoms with Gasteiger partial charge in [-0.25, -0.2) is 0 Å². The fraction of sp³-hybridized carbons (Fsp3) is 0.364. The topological polar surface area (TPSA) is 114 Å². The number of amides is 1. The second kappa shape index (κ2) is 6.55. The number of nitro benzene ring substituents is 1. The largest absolute Gasteiger partial charge is 0.493 e. The summed E-state index contributed by atoms with van der Waals surface area (Å²) in [5.41, 5.74) is 4.44. The molecule has 0 aliphatic rings. The van der Waals surface area contributed by atoms with Gasteiger partial charge in [-0.3, -0.25) is 14.9 Å². The van der Waals surface area contributed by atoms with Crippen LogP contribution in [-0.4, -0.2) is 38.3 Å². The summed E-state index contributed by atoms with van der Waals surface area (Å²) in [6.07, 6.45) is 0. The van der Waals surface area contributed by atoms with Crippen LogP contribution in [0.5, 0.6) is 11.5 Å². The summed E-state index contributed by atoms with van der Waals surface area (Å²) in [6.45, 7) is 0.537. The maximum atomic E-state index is 11.2. The maximum absolute atomic E-state index is 11.2. The molecule has 0 radical (unpaired) electrons. The lowest BCUT2D eigenvalue weighted by molar-refractivity contribution is -0.385. The van der Waals surface area contributed by atoms with Gasteiger partial charge in [-0.05, 0) is 0 Å². The first-order valence-corrected chi connectivity index (χ1v) is 5.29. The minimum atomic E-state index is -0.911. The van der Waals surface area contributed by atoms with E-state index in [0.29, 0.717) is 6.61 Å². The molecule has 1 aromatic rings. The van der Waals surface area contributed by atoms with E-state index in [-0.39, 0.29) is 23.7 Å². The molecule has 1 amide bonds. The Bertz CT molecular complexity index is 488. The fourth-order valence-corrected chi connectivity index (χ4v) is 1.40. The van der Waals surface area contributed by atoms with E-state index in [4.69, 9.17) is 19.9 Å². The van der Waals surface area contributed by atoms with Crippen molar-refractivity contribution in [2.45, 2.75) is 0 Å². The highest BCUT2D eigenvalue weighted by Crippen LogP contribution is 2.34. The quantitative estimate of drug-likeness (QED) is 0.443. The van der Waals surface area contributed by atoms with Crippen LogP contribution in [0.3, 0.4) is 0 Å². The first-order chi connectivity index (χ1) is 9.01. The third-order valence-electron chi connectivity index (χ3n) is 2.29. The maximum Gasteiger partial charge on any atom is 0.286 e. The number of nitrogens with zero attached hydrogens (tertiary/aromatic N) is 1. The molecule has 0 aliphatic carbocycles. The Kier molecular flexibility index (Phi) is 5.07. The standard InChI is InChI=1S/C11H14N2O6/c1-17-3-4-19-10-5-7(11(12)14)8(13(15)16)6-9(10)18-2/h5-6H,3-4H2,1-2H3,(H2,12,14). The Balaban J connectivity index is 3.19. The molecule has 19 heavy (non-hydrogen) atoms. The van der Waals surface area contributed by atoms with Crippen molar-refractivity contribution >= 4 is 11.6 Å². The van der Waals surface area contributed by atoms with Crippen molar-refractivity contribution in [1.82, 2.24) is 0 Å². The van der Waals surface area contributed by atoms with Crippen LogP contribution < -0.4 is 15.2 Å². The lowest BCUT2D eigenvalue weighted by Crippen LogP contribution is -2.14. The van der Waals surface area contributed by atoms with Gasteiger partial charge in [-0.1, -0.05) is 0 Å². The highest BCUT2D eigenvalue weighted by atomic mass is 16.6. The monoisotopic (exact) mass is 270 g/mol. The molecule has 104 valence electrons. The molecule has 0 saturated heterocycles. The van der Waals surface area contributed by atoms with Crippen molar-refractivity contribution < 1.29 is 23.9 Å². The molecular weight excluding hydrogens is 256 g/mol. The van der Waals surface area contributed by atoms with Crippen molar-refractivity contribution in [3.63, 3.8) is 0 Å². The van der Waals surface area contributed by atoms with Gasteiger partial charge >= 0.3 is 0 Å². The van der Waals surface area contributed by atoms with Crippen LogP contribution in [0, 0.1) is 10.1 Å². The summed E-state index contributed by atoms with van der Waals surface area (Å²) in [6, 6.07) is 2.29. The minimum absolute atomic E-state index is 0.146. The van der Waals surface area contributed by atoms with Gasteiger partial charge < -0.3 is 19.9 Å². The van der Waals surface area contributed by atoms with Crippen molar-refractivity contribution in [3.8, 4) is 11.5 Å². The van der Waals surface area contributed by atoms with E-state index in [9.17, 15) is 14.9 Å². The molecule has 0 bridgehead atoms. The number of hydrogen-bond donors (Lipinski definition) is 1. The number of benzene rings is 1. The van der Waals surface area contributed by atoms with Gasteiger partial charge in [0.05, 0.1) is 24.7 Å². The van der Waals surface area contributed by atoms with Crippen LogP contribution in [0.2, 0.25) is 0 Å². The van der Waals surface area contributed by atoms with Crippen LogP contribution in [0.4, 0.5) is 5.69 Å². The fourth-order valence-electron chi connectivity index (χ4n) is 1.40. The number of nitro groups is 1. The molecule has 0 aromatic heterocycles. The van der Waals surface area contributed by atoms with Gasteiger partial charge in [0.25, 0.3) is 11.6 Å². The predicted octanol–water partition coefficient (Wildman–Crippen LogP) is 0.728. The number of nitrogens with two attached hydrogens (primary N) is 1. The molecule has 8 heteroatoms. The van der Waals surface area contributed by atoms with Gasteiger partial charge in [0.1, 0.15) is 12.2 Å². The number of hydrogen-bond acceptors (Lipinski definition) is 6. The number of carbonyl (C=O) groups is 1. The molecular formula is C11H14N2O6. The first kappa shape index (κ1) is 14.7. The number of methoxy groups -OCH3 is 2. The summed E-state index contributed by atoms with van der Waals surface area (Å²) in [7, 11) is 2.84. The summed E-state index contributed by atoms with van der Waals surface area (Å²) < 4.78 is 15.1. The Morgan fingerprint density at radius 3 is 2.47 bits per heavy atom. The second-order valence-corrected chi connectivity index (χ2v) is 3.48. The predicted molar refractivity (Wildman–Crippen MR) is 65.5 cm³/mol. The SMILES string of the molecule is COCCOc1cc(C(N)=O)c([N+](=O)[O-])cc1OC. The molecule has 0 heterocycles. The average molecular weight is 270 g/mol. The summed E-state index contributed by atoms with van der Waals surface area (Å²) in [4.78, 5) is 21.3. The Hall–Kier alpha value is -2.35. The zero-order valence-electron chi connectivity index (χ0n) is 10.5. The van der Waals surface area contributed by atoms with Crippen LogP contribution >= 0.6 is 0 Å². The van der Waals surface area contributed by atoms with Crippen LogP contribution in [0.15, 0.2) is 12.1 Å². The number of rotatable bonds is 7. The highest BCUT2D eigenvalue weighted by molar-refractivity contribution is 5.97. The number of primary amides is 1. The van der Waals surface area contributed by atoms with E-state index < -0.39 is 16.5 Å². The van der Waals surface area contributed by atoms with Crippen LogP contribution in [0.25, 0.3) is 0 Å². The molecule has 1 aromatic carbocycles. The van der Waals surface area contributed by atoms with Gasteiger partial charge in [0.2, 0.25) is 0 Å². The van der Waals surface area contributed by atoms with E-state index >= 15 is 0 Å². The lowest BCUT2D eigenvalue weighted by Gasteiger charge is -2.11. The third kappa shape index (κ3) is 3.55. The molecule has 0 fully saturated rings. The molecule has 0 unspecified atom stereocenters. The van der Waals surface area contributed by atoms with Crippen molar-refractivity contribution in [2.24, 2.45) is 5.73 Å². The van der Waals surface area contributed by atoms with Gasteiger partial charge in [-0.15, -0.1) is 0 Å². The highest BCUT2D eigenvalue weighted by Gasteiger charge is 2.23. The zero-order valence-corrected chi connectivity index (χ0v) is 10.5. The van der Waals surface area contributed by atoms with E-state index in [2.05, 4.69) is 0 Å². The lowest BCUT2D eigenvalue weighted by atomic mass is 10.1. The average Bonchev–Trinajstić information content (AvgIpc) is 2.38. The van der Waals surface area contributed by atoms with Crippen LogP contribution in [0.1, 0.15) is 10.4 Å². The summed E-state index contributed by atoms with van der Waals surface area (Å²) in [5, 5.41) is 10.8. The smallest absolute Gasteiger partial charge is 0.286 e. The molecule has 2 N–H and O–H groups in total. The molecule has 1 rings (SSSR count). The number of ether oxygens (including phenoxy) is 3. The third-order valence-corrected chi connectivity index (χ3v) is 2.29. The molecule has 0 atom stereocenters. The Morgan fingerprint density at radius 2 is 2.00 bits per heavy atom. The van der Waals surface area contributed by atoms with Crippen molar-refractivity contribution in [1.29, 1.82) is 0 Å². The molecule has 8 nitrogen and oxygen atoms in total. The summed E-state index contributed by atoms with van der Waals surface area (Å²) >= 11 is 0. The molecule has 0 aliphatic heterocycles. The van der Waals surface area contributed by atoms with Gasteiger partial charge in [-0.2, -0.15) is 0 Å².